The lowest BCUT2D eigenvalue weighted by atomic mass is 10.0. The molecular weight excluding hydrogens is 312 g/mol. The maximum Gasteiger partial charge on any atom is 0.246 e. The van der Waals surface area contributed by atoms with Crippen LogP contribution in [0.25, 0.3) is 0 Å². The van der Waals surface area contributed by atoms with Crippen LogP contribution in [0.5, 0.6) is 5.75 Å². The van der Waals surface area contributed by atoms with Crippen molar-refractivity contribution in [3.63, 3.8) is 0 Å². The van der Waals surface area contributed by atoms with Gasteiger partial charge in [-0.1, -0.05) is 30.0 Å². The zero-order chi connectivity index (χ0) is 17.2. The topological polar surface area (TPSA) is 41.6 Å². The highest BCUT2D eigenvalue weighted by Crippen LogP contribution is 2.40. The van der Waals surface area contributed by atoms with Gasteiger partial charge in [-0.15, -0.1) is 0 Å². The van der Waals surface area contributed by atoms with Gasteiger partial charge in [0, 0.05) is 23.4 Å². The number of rotatable bonds is 2. The number of carbonyl (C=O) groups excluding carboxylic acids is 1. The highest BCUT2D eigenvalue weighted by molar-refractivity contribution is 6.02. The predicted molar refractivity (Wildman–Crippen MR) is 97.4 cm³/mol. The Morgan fingerprint density at radius 1 is 1.20 bits per heavy atom. The van der Waals surface area contributed by atoms with Crippen LogP contribution in [0.1, 0.15) is 30.0 Å². The van der Waals surface area contributed by atoms with Gasteiger partial charge < -0.3 is 10.1 Å². The van der Waals surface area contributed by atoms with Crippen LogP contribution in [0.15, 0.2) is 48.5 Å². The standard InChI is InChI=1S/C21H20N2O2/c1-25-17-11-12-19-18(14-17)20(21(24)22-19)23-13-5-8-16(23)10-9-15-6-3-2-4-7-15/h2-4,6-7,11-12,14,16,20H,5,8,13H2,1H3,(H,22,24). The minimum atomic E-state index is -0.289. The Hall–Kier alpha value is -2.77. The van der Waals surface area contributed by atoms with Crippen LogP contribution < -0.4 is 10.1 Å². The first-order valence-electron chi connectivity index (χ1n) is 8.57. The molecule has 1 N–H and O–H groups in total. The van der Waals surface area contributed by atoms with E-state index in [1.54, 1.807) is 7.11 Å². The number of hydrogen-bond donors (Lipinski definition) is 1. The third-order valence-electron chi connectivity index (χ3n) is 4.84. The minimum absolute atomic E-state index is 0.0247. The van der Waals surface area contributed by atoms with E-state index >= 15 is 0 Å². The van der Waals surface area contributed by atoms with Crippen molar-refractivity contribution in [1.29, 1.82) is 0 Å². The summed E-state index contributed by atoms with van der Waals surface area (Å²) in [6.45, 7) is 0.878. The largest absolute Gasteiger partial charge is 0.497 e. The summed E-state index contributed by atoms with van der Waals surface area (Å²) in [4.78, 5) is 14.8. The Morgan fingerprint density at radius 2 is 2.04 bits per heavy atom. The quantitative estimate of drug-likeness (QED) is 0.859. The zero-order valence-corrected chi connectivity index (χ0v) is 14.2. The number of ether oxygens (including phenoxy) is 1. The van der Waals surface area contributed by atoms with Gasteiger partial charge in [0.25, 0.3) is 0 Å². The molecule has 0 aromatic heterocycles. The highest BCUT2D eigenvalue weighted by atomic mass is 16.5. The first-order chi connectivity index (χ1) is 12.3. The predicted octanol–water partition coefficient (Wildman–Crippen LogP) is 3.20. The molecule has 25 heavy (non-hydrogen) atoms. The second kappa shape index (κ2) is 6.62. The van der Waals surface area contributed by atoms with Gasteiger partial charge in [0.15, 0.2) is 0 Å². The Balaban J connectivity index is 1.63. The second-order valence-corrected chi connectivity index (χ2v) is 6.38. The fourth-order valence-electron chi connectivity index (χ4n) is 3.62. The number of benzene rings is 2. The Kier molecular flexibility index (Phi) is 4.17. The average molecular weight is 332 g/mol. The molecular formula is C21H20N2O2. The van der Waals surface area contributed by atoms with Gasteiger partial charge in [-0.05, 0) is 43.2 Å². The van der Waals surface area contributed by atoms with Gasteiger partial charge in [-0.25, -0.2) is 0 Å². The fourth-order valence-corrected chi connectivity index (χ4v) is 3.62. The van der Waals surface area contributed by atoms with E-state index in [4.69, 9.17) is 4.74 Å². The van der Waals surface area contributed by atoms with Crippen LogP contribution in [0.4, 0.5) is 5.69 Å². The van der Waals surface area contributed by atoms with Crippen LogP contribution in [-0.2, 0) is 4.79 Å². The van der Waals surface area contributed by atoms with Crippen LogP contribution in [-0.4, -0.2) is 30.5 Å². The third-order valence-corrected chi connectivity index (χ3v) is 4.84. The van der Waals surface area contributed by atoms with E-state index in [0.29, 0.717) is 0 Å². The number of nitrogens with zero attached hydrogens (tertiary/aromatic N) is 1. The summed E-state index contributed by atoms with van der Waals surface area (Å²) in [5.74, 6) is 7.42. The number of amides is 1. The van der Waals surface area contributed by atoms with Crippen molar-refractivity contribution in [2.75, 3.05) is 19.0 Å². The van der Waals surface area contributed by atoms with Crippen LogP contribution in [0.3, 0.4) is 0 Å². The Morgan fingerprint density at radius 3 is 2.84 bits per heavy atom. The number of carbonyl (C=O) groups is 1. The van der Waals surface area contributed by atoms with E-state index < -0.39 is 0 Å². The van der Waals surface area contributed by atoms with E-state index in [1.165, 1.54) is 0 Å². The molecule has 2 heterocycles. The smallest absolute Gasteiger partial charge is 0.246 e. The summed E-state index contributed by atoms with van der Waals surface area (Å²) in [6.07, 6.45) is 2.04. The minimum Gasteiger partial charge on any atom is -0.497 e. The number of fused-ring (bicyclic) bond motifs is 1. The molecule has 0 aliphatic carbocycles. The van der Waals surface area contributed by atoms with E-state index in [9.17, 15) is 4.79 Å². The number of hydrogen-bond acceptors (Lipinski definition) is 3. The van der Waals surface area contributed by atoms with Crippen molar-refractivity contribution in [1.82, 2.24) is 4.90 Å². The Bertz CT molecular complexity index is 851. The molecule has 2 atom stereocenters. The lowest BCUT2D eigenvalue weighted by Gasteiger charge is -2.26. The van der Waals surface area contributed by atoms with Crippen molar-refractivity contribution < 1.29 is 9.53 Å². The third kappa shape index (κ3) is 2.99. The molecule has 1 amide bonds. The van der Waals surface area contributed by atoms with Crippen molar-refractivity contribution in [2.24, 2.45) is 0 Å². The summed E-state index contributed by atoms with van der Waals surface area (Å²) >= 11 is 0. The molecule has 2 aromatic carbocycles. The number of anilines is 1. The highest BCUT2D eigenvalue weighted by Gasteiger charge is 2.40. The monoisotopic (exact) mass is 332 g/mol. The van der Waals surface area contributed by atoms with E-state index in [1.807, 2.05) is 48.5 Å². The molecule has 0 radical (unpaired) electrons. The number of methoxy groups -OCH3 is 1. The van der Waals surface area contributed by atoms with Gasteiger partial charge in [0.05, 0.1) is 13.2 Å². The molecule has 2 aromatic rings. The van der Waals surface area contributed by atoms with E-state index in [0.717, 1.165) is 42.0 Å². The first kappa shape index (κ1) is 15.7. The summed E-state index contributed by atoms with van der Waals surface area (Å²) in [6, 6.07) is 15.5. The molecule has 2 unspecified atom stereocenters. The van der Waals surface area contributed by atoms with E-state index in [2.05, 4.69) is 22.1 Å². The lowest BCUT2D eigenvalue weighted by molar-refractivity contribution is -0.120. The number of likely N-dealkylation sites (tertiary alicyclic amines) is 1. The van der Waals surface area contributed by atoms with Crippen molar-refractivity contribution in [2.45, 2.75) is 24.9 Å². The molecule has 4 nitrogen and oxygen atoms in total. The van der Waals surface area contributed by atoms with Crippen LogP contribution in [0.2, 0.25) is 0 Å². The molecule has 0 saturated carbocycles. The lowest BCUT2D eigenvalue weighted by Crippen LogP contribution is -2.36. The molecule has 0 spiro atoms. The maximum atomic E-state index is 12.6. The molecule has 4 rings (SSSR count). The average Bonchev–Trinajstić information content (AvgIpc) is 3.22. The van der Waals surface area contributed by atoms with Crippen LogP contribution >= 0.6 is 0 Å². The molecule has 2 aliphatic rings. The zero-order valence-electron chi connectivity index (χ0n) is 14.2. The summed E-state index contributed by atoms with van der Waals surface area (Å²) in [7, 11) is 1.64. The second-order valence-electron chi connectivity index (χ2n) is 6.38. The normalized spacial score (nSPS) is 22.0. The SMILES string of the molecule is COc1ccc2c(c1)C(N1CCCC1C#Cc1ccccc1)C(=O)N2. The molecule has 1 saturated heterocycles. The summed E-state index contributed by atoms with van der Waals surface area (Å²) in [5, 5.41) is 2.99. The van der Waals surface area contributed by atoms with Gasteiger partial charge in [-0.2, -0.15) is 0 Å². The number of nitrogens with one attached hydrogen (secondary N) is 1. The van der Waals surface area contributed by atoms with Gasteiger partial charge in [0.1, 0.15) is 11.8 Å². The molecule has 2 aliphatic heterocycles. The summed E-state index contributed by atoms with van der Waals surface area (Å²) < 4.78 is 5.33. The molecule has 0 bridgehead atoms. The Labute approximate surface area is 147 Å². The van der Waals surface area contributed by atoms with Crippen molar-refractivity contribution >= 4 is 11.6 Å². The molecule has 126 valence electrons. The van der Waals surface area contributed by atoms with Gasteiger partial charge in [-0.3, -0.25) is 9.69 Å². The van der Waals surface area contributed by atoms with Gasteiger partial charge in [0.2, 0.25) is 5.91 Å². The first-order valence-corrected chi connectivity index (χ1v) is 8.57. The van der Waals surface area contributed by atoms with Gasteiger partial charge >= 0.3 is 0 Å². The summed E-state index contributed by atoms with van der Waals surface area (Å²) in [5.41, 5.74) is 2.86. The van der Waals surface area contributed by atoms with Crippen LogP contribution in [0, 0.1) is 11.8 Å². The maximum absolute atomic E-state index is 12.6. The molecule has 1 fully saturated rings. The fraction of sp³-hybridized carbons (Fsp3) is 0.286. The van der Waals surface area contributed by atoms with Crippen molar-refractivity contribution in [3.8, 4) is 17.6 Å². The van der Waals surface area contributed by atoms with E-state index in [-0.39, 0.29) is 18.0 Å². The van der Waals surface area contributed by atoms with Crippen molar-refractivity contribution in [3.05, 3.63) is 59.7 Å². The molecule has 4 heteroatoms.